The molecule has 1 aromatic carbocycles. The van der Waals surface area contributed by atoms with Gasteiger partial charge >= 0.3 is 0 Å². The normalized spacial score (nSPS) is 18.1. The molecular formula is C16H25NS. The summed E-state index contributed by atoms with van der Waals surface area (Å²) in [6.07, 6.45) is 6.94. The van der Waals surface area contributed by atoms with Crippen molar-refractivity contribution in [3.63, 3.8) is 0 Å². The highest BCUT2D eigenvalue weighted by atomic mass is 32.2. The van der Waals surface area contributed by atoms with E-state index in [0.29, 0.717) is 6.04 Å². The van der Waals surface area contributed by atoms with Crippen LogP contribution in [0.2, 0.25) is 0 Å². The highest BCUT2D eigenvalue weighted by Gasteiger charge is 2.15. The van der Waals surface area contributed by atoms with E-state index in [1.807, 2.05) is 18.8 Å². The zero-order chi connectivity index (χ0) is 12.8. The van der Waals surface area contributed by atoms with Gasteiger partial charge < -0.3 is 5.32 Å². The van der Waals surface area contributed by atoms with Crippen LogP contribution in [0.5, 0.6) is 0 Å². The molecule has 0 aromatic heterocycles. The van der Waals surface area contributed by atoms with Crippen LogP contribution >= 0.6 is 11.8 Å². The van der Waals surface area contributed by atoms with Crippen LogP contribution < -0.4 is 5.32 Å². The van der Waals surface area contributed by atoms with E-state index in [0.717, 1.165) is 12.3 Å². The van der Waals surface area contributed by atoms with E-state index < -0.39 is 0 Å². The molecule has 0 radical (unpaired) electrons. The molecule has 1 N–H and O–H groups in total. The van der Waals surface area contributed by atoms with Gasteiger partial charge in [-0.2, -0.15) is 0 Å². The van der Waals surface area contributed by atoms with Crippen molar-refractivity contribution < 1.29 is 0 Å². The minimum absolute atomic E-state index is 0.499. The first-order chi connectivity index (χ1) is 8.83. The maximum Gasteiger partial charge on any atom is 0.0314 e. The quantitative estimate of drug-likeness (QED) is 0.750. The summed E-state index contributed by atoms with van der Waals surface area (Å²) >= 11 is 2.03. The van der Waals surface area contributed by atoms with Gasteiger partial charge in [-0.3, -0.25) is 0 Å². The van der Waals surface area contributed by atoms with Gasteiger partial charge in [0.1, 0.15) is 0 Å². The van der Waals surface area contributed by atoms with E-state index in [4.69, 9.17) is 0 Å². The number of hydrogen-bond acceptors (Lipinski definition) is 2. The molecule has 1 nitrogen and oxygen atoms in total. The van der Waals surface area contributed by atoms with Gasteiger partial charge in [0.05, 0.1) is 0 Å². The minimum Gasteiger partial charge on any atom is -0.313 e. The van der Waals surface area contributed by atoms with Gasteiger partial charge in [0.2, 0.25) is 0 Å². The second-order valence-corrected chi connectivity index (χ2v) is 6.37. The molecule has 1 atom stereocenters. The molecule has 0 heterocycles. The van der Waals surface area contributed by atoms with Crippen molar-refractivity contribution >= 4 is 11.8 Å². The summed E-state index contributed by atoms with van der Waals surface area (Å²) in [5, 5.41) is 3.36. The Bertz CT molecular complexity index is 337. The summed E-state index contributed by atoms with van der Waals surface area (Å²) in [7, 11) is 2.04. The summed E-state index contributed by atoms with van der Waals surface area (Å²) in [5.74, 6) is 2.28. The highest BCUT2D eigenvalue weighted by molar-refractivity contribution is 7.99. The Balaban J connectivity index is 1.86. The van der Waals surface area contributed by atoms with Crippen molar-refractivity contribution in [2.24, 2.45) is 5.92 Å². The lowest BCUT2D eigenvalue weighted by molar-refractivity contribution is 0.576. The largest absolute Gasteiger partial charge is 0.313 e. The smallest absolute Gasteiger partial charge is 0.0314 e. The molecule has 2 rings (SSSR count). The van der Waals surface area contributed by atoms with Crippen LogP contribution in [0.1, 0.15) is 50.6 Å². The first-order valence-corrected chi connectivity index (χ1v) is 8.22. The average molecular weight is 263 g/mol. The Morgan fingerprint density at radius 1 is 1.22 bits per heavy atom. The van der Waals surface area contributed by atoms with Gasteiger partial charge in [-0.05, 0) is 49.9 Å². The van der Waals surface area contributed by atoms with Gasteiger partial charge in [-0.1, -0.05) is 31.9 Å². The Morgan fingerprint density at radius 2 is 1.89 bits per heavy atom. The van der Waals surface area contributed by atoms with Gasteiger partial charge in [0, 0.05) is 16.7 Å². The molecule has 18 heavy (non-hydrogen) atoms. The molecule has 2 heteroatoms. The molecule has 1 aliphatic rings. The van der Waals surface area contributed by atoms with Crippen molar-refractivity contribution in [3.05, 3.63) is 29.8 Å². The molecule has 1 fully saturated rings. The Labute approximate surface area is 116 Å². The van der Waals surface area contributed by atoms with Crippen molar-refractivity contribution in [2.45, 2.75) is 50.0 Å². The molecule has 1 saturated carbocycles. The lowest BCUT2D eigenvalue weighted by Crippen LogP contribution is -2.14. The molecule has 1 aromatic rings. The monoisotopic (exact) mass is 263 g/mol. The van der Waals surface area contributed by atoms with Crippen molar-refractivity contribution in [1.82, 2.24) is 5.32 Å². The average Bonchev–Trinajstić information content (AvgIpc) is 2.92. The second-order valence-electron chi connectivity index (χ2n) is 5.28. The van der Waals surface area contributed by atoms with Crippen LogP contribution in [0.3, 0.4) is 0 Å². The zero-order valence-electron chi connectivity index (χ0n) is 11.6. The number of benzene rings is 1. The van der Waals surface area contributed by atoms with Crippen LogP contribution in [-0.2, 0) is 0 Å². The number of hydrogen-bond donors (Lipinski definition) is 1. The maximum absolute atomic E-state index is 3.36. The van der Waals surface area contributed by atoms with E-state index in [-0.39, 0.29) is 0 Å². The maximum atomic E-state index is 3.36. The van der Waals surface area contributed by atoms with E-state index in [2.05, 4.69) is 36.5 Å². The van der Waals surface area contributed by atoms with Crippen molar-refractivity contribution in [1.29, 1.82) is 0 Å². The first kappa shape index (κ1) is 14.0. The van der Waals surface area contributed by atoms with E-state index in [1.165, 1.54) is 41.9 Å². The molecule has 0 aliphatic heterocycles. The predicted octanol–water partition coefficient (Wildman–Crippen LogP) is 4.64. The van der Waals surface area contributed by atoms with Crippen LogP contribution in [0.25, 0.3) is 0 Å². The van der Waals surface area contributed by atoms with Gasteiger partial charge in [-0.15, -0.1) is 11.8 Å². The molecular weight excluding hydrogens is 238 g/mol. The third-order valence-corrected chi connectivity index (χ3v) is 5.24. The topological polar surface area (TPSA) is 12.0 Å². The second kappa shape index (κ2) is 7.20. The molecule has 0 spiro atoms. The molecule has 100 valence electrons. The summed E-state index contributed by atoms with van der Waals surface area (Å²) in [4.78, 5) is 1.43. The van der Waals surface area contributed by atoms with Crippen molar-refractivity contribution in [2.75, 3.05) is 12.8 Å². The Morgan fingerprint density at radius 3 is 2.44 bits per heavy atom. The van der Waals surface area contributed by atoms with Crippen LogP contribution in [0, 0.1) is 5.92 Å². The fourth-order valence-electron chi connectivity index (χ4n) is 2.79. The molecule has 0 amide bonds. The molecule has 0 bridgehead atoms. The lowest BCUT2D eigenvalue weighted by Gasteiger charge is -2.15. The van der Waals surface area contributed by atoms with E-state index >= 15 is 0 Å². The predicted molar refractivity (Wildman–Crippen MR) is 81.2 cm³/mol. The van der Waals surface area contributed by atoms with Crippen LogP contribution in [0.4, 0.5) is 0 Å². The third kappa shape index (κ3) is 3.76. The Kier molecular flexibility index (Phi) is 5.58. The number of nitrogens with one attached hydrogen (secondary N) is 1. The van der Waals surface area contributed by atoms with E-state index in [1.54, 1.807) is 0 Å². The summed E-state index contributed by atoms with van der Waals surface area (Å²) in [5.41, 5.74) is 1.41. The summed E-state index contributed by atoms with van der Waals surface area (Å²) in [6, 6.07) is 9.63. The SMILES string of the molecule is CCC(NC)c1ccc(SCC2CCCC2)cc1. The fourth-order valence-corrected chi connectivity index (χ4v) is 3.88. The van der Waals surface area contributed by atoms with Gasteiger partial charge in [0.25, 0.3) is 0 Å². The zero-order valence-corrected chi connectivity index (χ0v) is 12.4. The Hall–Kier alpha value is -0.470. The van der Waals surface area contributed by atoms with Gasteiger partial charge in [0.15, 0.2) is 0 Å². The first-order valence-electron chi connectivity index (χ1n) is 7.23. The summed E-state index contributed by atoms with van der Waals surface area (Å²) < 4.78 is 0. The minimum atomic E-state index is 0.499. The van der Waals surface area contributed by atoms with Crippen LogP contribution in [-0.4, -0.2) is 12.8 Å². The number of thioether (sulfide) groups is 1. The van der Waals surface area contributed by atoms with Crippen molar-refractivity contribution in [3.8, 4) is 0 Å². The van der Waals surface area contributed by atoms with E-state index in [9.17, 15) is 0 Å². The fraction of sp³-hybridized carbons (Fsp3) is 0.625. The highest BCUT2D eigenvalue weighted by Crippen LogP contribution is 2.31. The lowest BCUT2D eigenvalue weighted by atomic mass is 10.1. The number of rotatable bonds is 6. The molecule has 0 saturated heterocycles. The standard InChI is InChI=1S/C16H25NS/c1-3-16(17-2)14-8-10-15(11-9-14)18-12-13-6-4-5-7-13/h8-11,13,16-17H,3-7,12H2,1-2H3. The molecule has 1 aliphatic carbocycles. The third-order valence-electron chi connectivity index (χ3n) is 4.00. The van der Waals surface area contributed by atoms with Crippen LogP contribution in [0.15, 0.2) is 29.2 Å². The van der Waals surface area contributed by atoms with Gasteiger partial charge in [-0.25, -0.2) is 0 Å². The molecule has 1 unspecified atom stereocenters. The summed E-state index contributed by atoms with van der Waals surface area (Å²) in [6.45, 7) is 2.23.